The van der Waals surface area contributed by atoms with E-state index < -0.39 is 12.3 Å². The van der Waals surface area contributed by atoms with Crippen molar-refractivity contribution in [3.63, 3.8) is 0 Å². The molecule has 1 aromatic carbocycles. The van der Waals surface area contributed by atoms with E-state index in [0.29, 0.717) is 5.56 Å². The highest BCUT2D eigenvalue weighted by Gasteiger charge is 2.32. The van der Waals surface area contributed by atoms with Crippen LogP contribution in [-0.2, 0) is 10.3 Å². The Morgan fingerprint density at radius 1 is 1.44 bits per heavy atom. The van der Waals surface area contributed by atoms with Gasteiger partial charge in [0.25, 0.3) is 0 Å². The maximum Gasteiger partial charge on any atom is 0.0991 e. The van der Waals surface area contributed by atoms with Gasteiger partial charge >= 0.3 is 0 Å². The first-order chi connectivity index (χ1) is 7.58. The molecule has 0 spiro atoms. The molecule has 3 heteroatoms. The number of halogens is 1. The molecule has 0 saturated heterocycles. The molecule has 1 rings (SSSR count). The number of nitriles is 1. The van der Waals surface area contributed by atoms with Gasteiger partial charge in [0, 0.05) is 13.0 Å². The van der Waals surface area contributed by atoms with E-state index in [0.717, 1.165) is 5.56 Å². The lowest BCUT2D eigenvalue weighted by Gasteiger charge is -2.33. The summed E-state index contributed by atoms with van der Waals surface area (Å²) in [5.41, 5.74) is 0.831. The maximum absolute atomic E-state index is 12.8. The number of benzene rings is 1. The molecule has 2 nitrogen and oxygen atoms in total. The van der Waals surface area contributed by atoms with Crippen LogP contribution in [0.5, 0.6) is 0 Å². The fraction of sp³-hybridized carbons (Fsp3) is 0.462. The highest BCUT2D eigenvalue weighted by atomic mass is 19.1. The summed E-state index contributed by atoms with van der Waals surface area (Å²) in [5.74, 6) is -0.231. The van der Waals surface area contributed by atoms with Gasteiger partial charge in [0.1, 0.15) is 0 Å². The molecule has 0 aliphatic rings. The van der Waals surface area contributed by atoms with E-state index >= 15 is 0 Å². The van der Waals surface area contributed by atoms with E-state index in [1.54, 1.807) is 19.2 Å². The lowest BCUT2D eigenvalue weighted by Crippen LogP contribution is -2.33. The first kappa shape index (κ1) is 12.7. The van der Waals surface area contributed by atoms with Gasteiger partial charge in [-0.15, -0.1) is 0 Å². The third-order valence-electron chi connectivity index (χ3n) is 3.18. The van der Waals surface area contributed by atoms with Crippen molar-refractivity contribution in [1.82, 2.24) is 0 Å². The van der Waals surface area contributed by atoms with E-state index in [2.05, 4.69) is 6.07 Å². The van der Waals surface area contributed by atoms with Crippen LogP contribution in [0.4, 0.5) is 4.39 Å². The average Bonchev–Trinajstić information content (AvgIpc) is 2.36. The fourth-order valence-corrected chi connectivity index (χ4v) is 1.63. The zero-order valence-corrected chi connectivity index (χ0v) is 9.83. The summed E-state index contributed by atoms with van der Waals surface area (Å²) < 4.78 is 18.2. The normalized spacial score (nSPS) is 16.2. The molecule has 0 saturated carbocycles. The summed E-state index contributed by atoms with van der Waals surface area (Å²) >= 11 is 0. The van der Waals surface area contributed by atoms with E-state index in [1.165, 1.54) is 0 Å². The van der Waals surface area contributed by atoms with Gasteiger partial charge in [0.05, 0.1) is 23.9 Å². The molecule has 0 radical (unpaired) electrons. The number of alkyl halides is 1. The van der Waals surface area contributed by atoms with Gasteiger partial charge < -0.3 is 4.74 Å². The Kier molecular flexibility index (Phi) is 4.03. The molecule has 0 aliphatic carbocycles. The van der Waals surface area contributed by atoms with Crippen molar-refractivity contribution >= 4 is 0 Å². The number of rotatable bonds is 4. The maximum atomic E-state index is 12.8. The average molecular weight is 221 g/mol. The predicted molar refractivity (Wildman–Crippen MR) is 60.7 cm³/mol. The largest absolute Gasteiger partial charge is 0.373 e. The smallest absolute Gasteiger partial charge is 0.0991 e. The van der Waals surface area contributed by atoms with Crippen LogP contribution in [0.2, 0.25) is 0 Å². The molecule has 86 valence electrons. The summed E-state index contributed by atoms with van der Waals surface area (Å²) in [5, 5.41) is 8.70. The van der Waals surface area contributed by atoms with Gasteiger partial charge in [-0.3, -0.25) is 4.39 Å². The van der Waals surface area contributed by atoms with Crippen LogP contribution in [-0.4, -0.2) is 13.8 Å². The van der Waals surface area contributed by atoms with E-state index in [4.69, 9.17) is 10.00 Å². The monoisotopic (exact) mass is 221 g/mol. The standard InChI is InChI=1S/C13H16FNO/c1-10(8-14)13(2,16-3)12-6-4-11(9-15)5-7-12/h4-7,10H,8H2,1-3H3/t10-,13?/m1/s1. The van der Waals surface area contributed by atoms with Crippen LogP contribution in [0, 0.1) is 17.2 Å². The Bertz CT molecular complexity index is 382. The van der Waals surface area contributed by atoms with Crippen LogP contribution in [0.15, 0.2) is 24.3 Å². The van der Waals surface area contributed by atoms with Gasteiger partial charge in [-0.25, -0.2) is 0 Å². The van der Waals surface area contributed by atoms with E-state index in [9.17, 15) is 4.39 Å². The van der Waals surface area contributed by atoms with Crippen LogP contribution < -0.4 is 0 Å². The Hall–Kier alpha value is -1.40. The molecule has 0 aliphatic heterocycles. The summed E-state index contributed by atoms with van der Waals surface area (Å²) in [4.78, 5) is 0. The molecule has 16 heavy (non-hydrogen) atoms. The minimum atomic E-state index is -0.650. The molecule has 0 aromatic heterocycles. The quantitative estimate of drug-likeness (QED) is 0.783. The molecule has 0 N–H and O–H groups in total. The number of hydrogen-bond acceptors (Lipinski definition) is 2. The van der Waals surface area contributed by atoms with Crippen molar-refractivity contribution in [1.29, 1.82) is 5.26 Å². The Morgan fingerprint density at radius 2 is 2.00 bits per heavy atom. The summed E-state index contributed by atoms with van der Waals surface area (Å²) in [6, 6.07) is 9.12. The van der Waals surface area contributed by atoms with E-state index in [-0.39, 0.29) is 5.92 Å². The minimum Gasteiger partial charge on any atom is -0.373 e. The summed E-state index contributed by atoms with van der Waals surface area (Å²) in [6.07, 6.45) is 0. The molecular formula is C13H16FNO. The van der Waals surface area contributed by atoms with Crippen LogP contribution in [0.1, 0.15) is 25.0 Å². The van der Waals surface area contributed by atoms with Gasteiger partial charge in [0.15, 0.2) is 0 Å². The first-order valence-electron chi connectivity index (χ1n) is 5.20. The first-order valence-corrected chi connectivity index (χ1v) is 5.20. The predicted octanol–water partition coefficient (Wildman–Crippen LogP) is 3.03. The fourth-order valence-electron chi connectivity index (χ4n) is 1.63. The SMILES string of the molecule is COC(C)(c1ccc(C#N)cc1)[C@H](C)CF. The molecule has 1 aromatic rings. The molecular weight excluding hydrogens is 205 g/mol. The van der Waals surface area contributed by atoms with Crippen molar-refractivity contribution in [3.8, 4) is 6.07 Å². The lowest BCUT2D eigenvalue weighted by atomic mass is 9.84. The van der Waals surface area contributed by atoms with Crippen molar-refractivity contribution in [2.24, 2.45) is 5.92 Å². The minimum absolute atomic E-state index is 0.231. The van der Waals surface area contributed by atoms with Crippen LogP contribution in [0.25, 0.3) is 0 Å². The molecule has 1 unspecified atom stereocenters. The third-order valence-corrected chi connectivity index (χ3v) is 3.18. The molecule has 2 atom stereocenters. The van der Waals surface area contributed by atoms with Crippen molar-refractivity contribution in [3.05, 3.63) is 35.4 Å². The second-order valence-corrected chi connectivity index (χ2v) is 4.06. The van der Waals surface area contributed by atoms with Crippen molar-refractivity contribution in [2.75, 3.05) is 13.8 Å². The Morgan fingerprint density at radius 3 is 2.38 bits per heavy atom. The number of nitrogens with zero attached hydrogens (tertiary/aromatic N) is 1. The number of ether oxygens (including phenoxy) is 1. The Balaban J connectivity index is 3.08. The number of hydrogen-bond donors (Lipinski definition) is 0. The number of methoxy groups -OCH3 is 1. The highest BCUT2D eigenvalue weighted by Crippen LogP contribution is 2.33. The summed E-state index contributed by atoms with van der Waals surface area (Å²) in [7, 11) is 1.57. The van der Waals surface area contributed by atoms with Gasteiger partial charge in [-0.05, 0) is 24.6 Å². The van der Waals surface area contributed by atoms with Crippen LogP contribution in [0.3, 0.4) is 0 Å². The van der Waals surface area contributed by atoms with Crippen molar-refractivity contribution in [2.45, 2.75) is 19.4 Å². The second-order valence-electron chi connectivity index (χ2n) is 4.06. The van der Waals surface area contributed by atoms with Crippen LogP contribution >= 0.6 is 0 Å². The highest BCUT2D eigenvalue weighted by molar-refractivity contribution is 5.34. The second kappa shape index (κ2) is 5.09. The Labute approximate surface area is 95.7 Å². The zero-order chi connectivity index (χ0) is 12.2. The van der Waals surface area contributed by atoms with Gasteiger partial charge in [-0.1, -0.05) is 19.1 Å². The van der Waals surface area contributed by atoms with E-state index in [1.807, 2.05) is 26.0 Å². The summed E-state index contributed by atoms with van der Waals surface area (Å²) in [6.45, 7) is 3.23. The molecule has 0 fully saturated rings. The molecule has 0 amide bonds. The molecule has 0 bridgehead atoms. The zero-order valence-electron chi connectivity index (χ0n) is 9.83. The lowest BCUT2D eigenvalue weighted by molar-refractivity contribution is -0.0499. The van der Waals surface area contributed by atoms with Crippen molar-refractivity contribution < 1.29 is 9.13 Å². The topological polar surface area (TPSA) is 33.0 Å². The van der Waals surface area contributed by atoms with Gasteiger partial charge in [0.2, 0.25) is 0 Å². The van der Waals surface area contributed by atoms with Gasteiger partial charge in [-0.2, -0.15) is 5.26 Å². The molecule has 0 heterocycles. The third kappa shape index (κ3) is 2.23.